The summed E-state index contributed by atoms with van der Waals surface area (Å²) in [6.07, 6.45) is 0. The van der Waals surface area contributed by atoms with Crippen molar-refractivity contribution < 1.29 is 0 Å². The fourth-order valence-electron chi connectivity index (χ4n) is 10.3. The van der Waals surface area contributed by atoms with Gasteiger partial charge in [0.2, 0.25) is 0 Å². The van der Waals surface area contributed by atoms with Crippen molar-refractivity contribution in [1.29, 1.82) is 5.26 Å². The second-order valence-electron chi connectivity index (χ2n) is 17.8. The van der Waals surface area contributed by atoms with Crippen LogP contribution in [-0.2, 0) is 0 Å². The Balaban J connectivity index is 1.14. The minimum Gasteiger partial charge on any atom is -0.309 e. The lowest BCUT2D eigenvalue weighted by atomic mass is 9.96. The highest BCUT2D eigenvalue weighted by molar-refractivity contribution is 6.16. The molecule has 0 aliphatic carbocycles. The number of hydrogen-bond donors (Lipinski definition) is 0. The molecule has 0 N–H and O–H groups in total. The zero-order valence-electron chi connectivity index (χ0n) is 38.6. The number of fused-ring (bicyclic) bond motifs is 6. The number of nitriles is 1. The minimum atomic E-state index is 0.521. The molecule has 0 bridgehead atoms. The second-order valence-corrected chi connectivity index (χ2v) is 17.8. The summed E-state index contributed by atoms with van der Waals surface area (Å²) in [5, 5.41) is 14.3. The topological polar surface area (TPSA) is 76.7 Å². The lowest BCUT2D eigenvalue weighted by Crippen LogP contribution is -2.04. The van der Waals surface area contributed by atoms with E-state index in [1.54, 1.807) is 0 Å². The summed E-state index contributed by atoms with van der Waals surface area (Å²) in [4.78, 5) is 19.7. The van der Waals surface area contributed by atoms with Crippen molar-refractivity contribution in [3.63, 3.8) is 0 Å². The van der Waals surface area contributed by atoms with Gasteiger partial charge >= 0.3 is 0 Å². The van der Waals surface area contributed by atoms with Crippen LogP contribution in [-0.4, -0.2) is 24.1 Å². The van der Waals surface area contributed by atoms with Gasteiger partial charge < -0.3 is 9.13 Å². The number of hydrogen-bond acceptors (Lipinski definition) is 4. The summed E-state index contributed by atoms with van der Waals surface area (Å²) in [6.45, 7) is 7.81. The van der Waals surface area contributed by atoms with E-state index in [1.807, 2.05) is 103 Å². The Morgan fingerprint density at radius 1 is 0.375 bits per heavy atom. The molecule has 10 aromatic carbocycles. The molecule has 0 aliphatic rings. The molecular formula is C65H39N7. The van der Waals surface area contributed by atoms with Crippen molar-refractivity contribution in [1.82, 2.24) is 24.1 Å². The summed E-state index contributed by atoms with van der Waals surface area (Å²) in [5.74, 6) is 1.65. The Morgan fingerprint density at radius 2 is 0.917 bits per heavy atom. The molecule has 0 unspecified atom stereocenters. The fraction of sp³-hybridized carbons (Fsp3) is 0. The summed E-state index contributed by atoms with van der Waals surface area (Å²) in [6, 6.07) is 83.5. The molecule has 0 aliphatic heterocycles. The van der Waals surface area contributed by atoms with E-state index < -0.39 is 0 Å². The molecular weight excluding hydrogens is 879 g/mol. The first-order chi connectivity index (χ1) is 35.6. The van der Waals surface area contributed by atoms with Crippen LogP contribution >= 0.6 is 0 Å². The highest BCUT2D eigenvalue weighted by atomic mass is 15.1. The van der Waals surface area contributed by atoms with Crippen molar-refractivity contribution in [2.24, 2.45) is 0 Å². The smallest absolute Gasteiger partial charge is 0.187 e. The third-order valence-electron chi connectivity index (χ3n) is 13.6. The first-order valence-corrected chi connectivity index (χ1v) is 23.8. The second kappa shape index (κ2) is 17.4. The molecule has 72 heavy (non-hydrogen) atoms. The Hall–Kier alpha value is -10.2. The predicted octanol–water partition coefficient (Wildman–Crippen LogP) is 16.5. The zero-order valence-corrected chi connectivity index (χ0v) is 38.6. The molecule has 0 fully saturated rings. The molecule has 0 amide bonds. The molecule has 0 spiro atoms. The zero-order chi connectivity index (χ0) is 48.1. The van der Waals surface area contributed by atoms with Gasteiger partial charge in [-0.15, -0.1) is 0 Å². The van der Waals surface area contributed by atoms with Gasteiger partial charge in [-0.1, -0.05) is 170 Å². The molecule has 13 aromatic rings. The first-order valence-electron chi connectivity index (χ1n) is 23.8. The van der Waals surface area contributed by atoms with Gasteiger partial charge in [-0.3, -0.25) is 0 Å². The maximum atomic E-state index is 9.93. The lowest BCUT2D eigenvalue weighted by Gasteiger charge is -2.17. The van der Waals surface area contributed by atoms with E-state index in [4.69, 9.17) is 21.5 Å². The van der Waals surface area contributed by atoms with Crippen LogP contribution in [0.5, 0.6) is 0 Å². The Labute approximate surface area is 415 Å². The largest absolute Gasteiger partial charge is 0.309 e. The number of nitrogens with zero attached hydrogens (tertiary/aromatic N) is 7. The maximum absolute atomic E-state index is 9.93. The molecule has 3 heterocycles. The van der Waals surface area contributed by atoms with E-state index in [0.29, 0.717) is 28.7 Å². The highest BCUT2D eigenvalue weighted by Crippen LogP contribution is 2.44. The van der Waals surface area contributed by atoms with E-state index >= 15 is 0 Å². The van der Waals surface area contributed by atoms with Gasteiger partial charge in [0.15, 0.2) is 23.2 Å². The molecule has 0 saturated heterocycles. The summed E-state index contributed by atoms with van der Waals surface area (Å²) in [5.41, 5.74) is 15.8. The van der Waals surface area contributed by atoms with Crippen molar-refractivity contribution in [3.05, 3.63) is 254 Å². The van der Waals surface area contributed by atoms with Crippen LogP contribution in [0.15, 0.2) is 237 Å². The Morgan fingerprint density at radius 3 is 1.58 bits per heavy atom. The summed E-state index contributed by atoms with van der Waals surface area (Å²) < 4.78 is 4.68. The van der Waals surface area contributed by atoms with Crippen LogP contribution in [0, 0.1) is 17.9 Å². The van der Waals surface area contributed by atoms with Crippen molar-refractivity contribution in [2.45, 2.75) is 0 Å². The first kappa shape index (κ1) is 41.9. The molecule has 13 rings (SSSR count). The van der Waals surface area contributed by atoms with Crippen molar-refractivity contribution >= 4 is 49.3 Å². The van der Waals surface area contributed by atoms with Gasteiger partial charge in [0.1, 0.15) is 0 Å². The number of rotatable bonds is 8. The van der Waals surface area contributed by atoms with Crippen molar-refractivity contribution in [2.75, 3.05) is 0 Å². The molecule has 7 heteroatoms. The molecule has 0 radical (unpaired) electrons. The predicted molar refractivity (Wildman–Crippen MR) is 292 cm³/mol. The van der Waals surface area contributed by atoms with Crippen LogP contribution < -0.4 is 0 Å². The summed E-state index contributed by atoms with van der Waals surface area (Å²) in [7, 11) is 0. The van der Waals surface area contributed by atoms with Crippen LogP contribution in [0.25, 0.3) is 127 Å². The van der Waals surface area contributed by atoms with Gasteiger partial charge in [0.25, 0.3) is 0 Å². The lowest BCUT2D eigenvalue weighted by molar-refractivity contribution is 1.06. The van der Waals surface area contributed by atoms with Gasteiger partial charge in [-0.25, -0.2) is 19.8 Å². The van der Waals surface area contributed by atoms with Crippen LogP contribution in [0.3, 0.4) is 0 Å². The standard InChI is InChI=1S/C65H39N7/c1-67-50-23-14-22-46(37-50)48-31-34-54-53-33-30-47(45-21-13-16-42(36-45)41-66)39-60(53)72(61(54)40-48)58-35-32-49(52-27-15-29-59-62(52)55-26-11-12-28-57(55)71(59)51-24-9-4-10-25-51)38-56(58)65-69-63(43-17-5-2-6-18-43)68-64(70-65)44-19-7-3-8-20-44/h2-40H. The van der Waals surface area contributed by atoms with E-state index in [1.165, 1.54) is 0 Å². The number of aromatic nitrogens is 5. The van der Waals surface area contributed by atoms with Crippen LogP contribution in [0.1, 0.15) is 5.56 Å². The average molecular weight is 918 g/mol. The summed E-state index contributed by atoms with van der Waals surface area (Å²) >= 11 is 0. The minimum absolute atomic E-state index is 0.521. The molecule has 0 saturated carbocycles. The average Bonchev–Trinajstić information content (AvgIpc) is 3.98. The highest BCUT2D eigenvalue weighted by Gasteiger charge is 2.23. The monoisotopic (exact) mass is 917 g/mol. The number of benzene rings is 10. The Bertz CT molecular complexity index is 4180. The van der Waals surface area contributed by atoms with Crippen LogP contribution in [0.2, 0.25) is 0 Å². The Kier molecular flexibility index (Phi) is 10.1. The molecule has 3 aromatic heterocycles. The maximum Gasteiger partial charge on any atom is 0.187 e. The van der Waals surface area contributed by atoms with Crippen molar-refractivity contribution in [3.8, 4) is 85.0 Å². The van der Waals surface area contributed by atoms with E-state index in [9.17, 15) is 5.26 Å². The molecule has 7 nitrogen and oxygen atoms in total. The number of para-hydroxylation sites is 2. The third kappa shape index (κ3) is 7.17. The normalized spacial score (nSPS) is 11.3. The van der Waals surface area contributed by atoms with Gasteiger partial charge in [-0.05, 0) is 100 Å². The third-order valence-corrected chi connectivity index (χ3v) is 13.6. The quantitative estimate of drug-likeness (QED) is 0.142. The van der Waals surface area contributed by atoms with Gasteiger partial charge in [-0.2, -0.15) is 5.26 Å². The van der Waals surface area contributed by atoms with E-state index in [0.717, 1.165) is 105 Å². The molecule has 334 valence electrons. The van der Waals surface area contributed by atoms with Gasteiger partial charge in [0, 0.05) is 43.9 Å². The van der Waals surface area contributed by atoms with E-state index in [-0.39, 0.29) is 0 Å². The van der Waals surface area contributed by atoms with Gasteiger partial charge in [0.05, 0.1) is 46.0 Å². The fourth-order valence-corrected chi connectivity index (χ4v) is 10.3. The van der Waals surface area contributed by atoms with Crippen LogP contribution in [0.4, 0.5) is 5.69 Å². The SMILES string of the molecule is [C-]#[N+]c1cccc(-c2ccc3c4ccc(-c5cccc(C#N)c5)cc4n(-c4ccc(-c5cccc6c5c5ccccc5n6-c5ccccc5)cc4-c4nc(-c5ccccc5)nc(-c5ccccc5)n4)c3c2)c1. The molecule has 0 atom stereocenters. The van der Waals surface area contributed by atoms with E-state index in [2.05, 4.69) is 154 Å².